The molecule has 3 nitrogen and oxygen atoms in total. The predicted octanol–water partition coefficient (Wildman–Crippen LogP) is 3.55. The molecule has 0 aliphatic carbocycles. The molecule has 19 heavy (non-hydrogen) atoms. The lowest BCUT2D eigenvalue weighted by Gasteiger charge is -2.17. The van der Waals surface area contributed by atoms with Crippen LogP contribution < -0.4 is 10.1 Å². The first kappa shape index (κ1) is 16.0. The molecule has 1 rings (SSSR count). The van der Waals surface area contributed by atoms with E-state index in [4.69, 9.17) is 9.47 Å². The second-order valence-electron chi connectivity index (χ2n) is 4.93. The SMILES string of the molecule is CC[C@H](C)Oc1cccc([C@@H](C)NCCCOC)c1. The predicted molar refractivity (Wildman–Crippen MR) is 79.7 cm³/mol. The van der Waals surface area contributed by atoms with Crippen molar-refractivity contribution in [3.8, 4) is 5.75 Å². The van der Waals surface area contributed by atoms with Crippen LogP contribution in [0.3, 0.4) is 0 Å². The van der Waals surface area contributed by atoms with E-state index in [9.17, 15) is 0 Å². The minimum atomic E-state index is 0.264. The van der Waals surface area contributed by atoms with Crippen molar-refractivity contribution in [2.24, 2.45) is 0 Å². The molecule has 0 unspecified atom stereocenters. The molecule has 0 aliphatic heterocycles. The van der Waals surface area contributed by atoms with Gasteiger partial charge in [-0.1, -0.05) is 19.1 Å². The smallest absolute Gasteiger partial charge is 0.120 e. The summed E-state index contributed by atoms with van der Waals surface area (Å²) < 4.78 is 10.9. The second kappa shape index (κ2) is 8.94. The lowest BCUT2D eigenvalue weighted by atomic mass is 10.1. The van der Waals surface area contributed by atoms with Crippen LogP contribution in [0, 0.1) is 0 Å². The molecule has 1 aromatic rings. The van der Waals surface area contributed by atoms with Crippen LogP contribution in [0.5, 0.6) is 5.75 Å². The second-order valence-corrected chi connectivity index (χ2v) is 4.93. The number of nitrogens with one attached hydrogen (secondary N) is 1. The average molecular weight is 265 g/mol. The van der Waals surface area contributed by atoms with Gasteiger partial charge in [0.25, 0.3) is 0 Å². The molecule has 0 bridgehead atoms. The quantitative estimate of drug-likeness (QED) is 0.693. The fourth-order valence-corrected chi connectivity index (χ4v) is 1.83. The van der Waals surface area contributed by atoms with Gasteiger partial charge < -0.3 is 14.8 Å². The Bertz CT molecular complexity index is 354. The summed E-state index contributed by atoms with van der Waals surface area (Å²) in [7, 11) is 1.74. The molecule has 3 heteroatoms. The lowest BCUT2D eigenvalue weighted by Crippen LogP contribution is -2.21. The summed E-state index contributed by atoms with van der Waals surface area (Å²) in [5, 5.41) is 3.49. The van der Waals surface area contributed by atoms with Crippen LogP contribution in [0.25, 0.3) is 0 Å². The number of rotatable bonds is 9. The van der Waals surface area contributed by atoms with Gasteiger partial charge in [-0.2, -0.15) is 0 Å². The normalized spacial score (nSPS) is 14.1. The molecular weight excluding hydrogens is 238 g/mol. The fraction of sp³-hybridized carbons (Fsp3) is 0.625. The van der Waals surface area contributed by atoms with Gasteiger partial charge in [0.05, 0.1) is 6.10 Å². The number of hydrogen-bond acceptors (Lipinski definition) is 3. The highest BCUT2D eigenvalue weighted by Gasteiger charge is 2.07. The summed E-state index contributed by atoms with van der Waals surface area (Å²) in [6, 6.07) is 8.67. The molecular formula is C16H27NO2. The zero-order chi connectivity index (χ0) is 14.1. The molecule has 1 N–H and O–H groups in total. The van der Waals surface area contributed by atoms with Crippen LogP contribution >= 0.6 is 0 Å². The molecule has 0 aliphatic rings. The van der Waals surface area contributed by atoms with Gasteiger partial charge in [-0.25, -0.2) is 0 Å². The highest BCUT2D eigenvalue weighted by Crippen LogP contribution is 2.20. The van der Waals surface area contributed by atoms with Crippen molar-refractivity contribution in [2.45, 2.75) is 45.8 Å². The Morgan fingerprint density at radius 2 is 2.05 bits per heavy atom. The number of benzene rings is 1. The summed E-state index contributed by atoms with van der Waals surface area (Å²) in [6.07, 6.45) is 2.32. The molecule has 108 valence electrons. The van der Waals surface area contributed by atoms with Crippen molar-refractivity contribution in [3.63, 3.8) is 0 Å². The van der Waals surface area contributed by atoms with E-state index in [1.54, 1.807) is 7.11 Å². The van der Waals surface area contributed by atoms with Gasteiger partial charge in [0.15, 0.2) is 0 Å². The van der Waals surface area contributed by atoms with Crippen LogP contribution in [0.2, 0.25) is 0 Å². The van der Waals surface area contributed by atoms with Crippen molar-refractivity contribution in [3.05, 3.63) is 29.8 Å². The monoisotopic (exact) mass is 265 g/mol. The van der Waals surface area contributed by atoms with Gasteiger partial charge in [-0.15, -0.1) is 0 Å². The van der Waals surface area contributed by atoms with E-state index in [1.165, 1.54) is 5.56 Å². The topological polar surface area (TPSA) is 30.5 Å². The summed E-state index contributed by atoms with van der Waals surface area (Å²) in [5.41, 5.74) is 1.26. The zero-order valence-electron chi connectivity index (χ0n) is 12.6. The standard InChI is InChI=1S/C16H27NO2/c1-5-13(2)19-16-9-6-8-15(12-16)14(3)17-10-7-11-18-4/h6,8-9,12-14,17H,5,7,10-11H2,1-4H3/t13-,14+/m0/s1. The first-order chi connectivity index (χ1) is 9.17. The Hall–Kier alpha value is -1.06. The van der Waals surface area contributed by atoms with Gasteiger partial charge in [-0.05, 0) is 50.9 Å². The molecule has 0 spiro atoms. The van der Waals surface area contributed by atoms with Crippen LogP contribution in [-0.2, 0) is 4.74 Å². The molecule has 2 atom stereocenters. The Kier molecular flexibility index (Phi) is 7.53. The van der Waals surface area contributed by atoms with Gasteiger partial charge >= 0.3 is 0 Å². The van der Waals surface area contributed by atoms with E-state index in [0.717, 1.165) is 31.7 Å². The fourth-order valence-electron chi connectivity index (χ4n) is 1.83. The van der Waals surface area contributed by atoms with Crippen molar-refractivity contribution >= 4 is 0 Å². The van der Waals surface area contributed by atoms with Gasteiger partial charge in [-0.3, -0.25) is 0 Å². The minimum Gasteiger partial charge on any atom is -0.491 e. The molecule has 0 heterocycles. The van der Waals surface area contributed by atoms with Gasteiger partial charge in [0.2, 0.25) is 0 Å². The summed E-state index contributed by atoms with van der Waals surface area (Å²) in [6.45, 7) is 8.17. The highest BCUT2D eigenvalue weighted by atomic mass is 16.5. The first-order valence-corrected chi connectivity index (χ1v) is 7.16. The van der Waals surface area contributed by atoms with Crippen molar-refractivity contribution in [2.75, 3.05) is 20.3 Å². The molecule has 0 aromatic heterocycles. The minimum absolute atomic E-state index is 0.264. The largest absolute Gasteiger partial charge is 0.491 e. The Balaban J connectivity index is 2.50. The van der Waals surface area contributed by atoms with Crippen LogP contribution in [-0.4, -0.2) is 26.4 Å². The van der Waals surface area contributed by atoms with Crippen LogP contribution in [0.15, 0.2) is 24.3 Å². The third kappa shape index (κ3) is 6.08. The molecule has 0 fully saturated rings. The van der Waals surface area contributed by atoms with Crippen LogP contribution in [0.1, 0.15) is 45.2 Å². The summed E-state index contributed by atoms with van der Waals surface area (Å²) in [5.74, 6) is 0.956. The Labute approximate surface area is 117 Å². The average Bonchev–Trinajstić information content (AvgIpc) is 2.43. The van der Waals surface area contributed by atoms with Gasteiger partial charge in [0, 0.05) is 19.8 Å². The van der Waals surface area contributed by atoms with E-state index < -0.39 is 0 Å². The van der Waals surface area contributed by atoms with E-state index in [-0.39, 0.29) is 6.10 Å². The van der Waals surface area contributed by atoms with Gasteiger partial charge in [0.1, 0.15) is 5.75 Å². The molecule has 0 saturated heterocycles. The Morgan fingerprint density at radius 3 is 2.74 bits per heavy atom. The van der Waals surface area contributed by atoms with E-state index in [2.05, 4.69) is 44.3 Å². The molecule has 0 radical (unpaired) electrons. The third-order valence-electron chi connectivity index (χ3n) is 3.25. The van der Waals surface area contributed by atoms with E-state index in [1.807, 2.05) is 6.07 Å². The maximum atomic E-state index is 5.85. The van der Waals surface area contributed by atoms with E-state index in [0.29, 0.717) is 6.04 Å². The van der Waals surface area contributed by atoms with Crippen molar-refractivity contribution in [1.82, 2.24) is 5.32 Å². The molecule has 0 amide bonds. The number of ether oxygens (including phenoxy) is 2. The van der Waals surface area contributed by atoms with Crippen molar-refractivity contribution < 1.29 is 9.47 Å². The molecule has 1 aromatic carbocycles. The Morgan fingerprint density at radius 1 is 1.26 bits per heavy atom. The van der Waals surface area contributed by atoms with Crippen LogP contribution in [0.4, 0.5) is 0 Å². The van der Waals surface area contributed by atoms with Crippen molar-refractivity contribution in [1.29, 1.82) is 0 Å². The number of hydrogen-bond donors (Lipinski definition) is 1. The third-order valence-corrected chi connectivity index (χ3v) is 3.25. The number of methoxy groups -OCH3 is 1. The first-order valence-electron chi connectivity index (χ1n) is 7.16. The molecule has 0 saturated carbocycles. The van der Waals surface area contributed by atoms with E-state index >= 15 is 0 Å². The lowest BCUT2D eigenvalue weighted by molar-refractivity contribution is 0.193. The maximum Gasteiger partial charge on any atom is 0.120 e. The zero-order valence-corrected chi connectivity index (χ0v) is 12.6. The highest BCUT2D eigenvalue weighted by molar-refractivity contribution is 5.30. The summed E-state index contributed by atoms with van der Waals surface area (Å²) >= 11 is 0. The summed E-state index contributed by atoms with van der Waals surface area (Å²) in [4.78, 5) is 0. The maximum absolute atomic E-state index is 5.85.